The third kappa shape index (κ3) is 4.49. The Hall–Kier alpha value is -2.49. The second-order valence-electron chi connectivity index (χ2n) is 5.57. The molecule has 0 saturated carbocycles. The number of hydrogen-bond donors (Lipinski definition) is 1. The van der Waals surface area contributed by atoms with Gasteiger partial charge in [-0.1, -0.05) is 30.3 Å². The smallest absolute Gasteiger partial charge is 0.331 e. The molecule has 0 fully saturated rings. The standard InChI is InChI=1S/C19H23NO3/c1-4-23-18(21)19(2,14-15-8-6-5-7-9-15)20-16-10-12-17(22-3)13-11-16/h5-13,20H,4,14H2,1-3H3/t19-/m0/s1. The van der Waals surface area contributed by atoms with E-state index in [4.69, 9.17) is 9.47 Å². The first-order valence-corrected chi connectivity index (χ1v) is 7.71. The predicted octanol–water partition coefficient (Wildman–Crippen LogP) is 3.67. The van der Waals surface area contributed by atoms with E-state index in [9.17, 15) is 4.79 Å². The Balaban J connectivity index is 2.23. The molecule has 0 aliphatic carbocycles. The van der Waals surface area contributed by atoms with Gasteiger partial charge >= 0.3 is 5.97 Å². The minimum absolute atomic E-state index is 0.264. The summed E-state index contributed by atoms with van der Waals surface area (Å²) in [6, 6.07) is 17.4. The maximum Gasteiger partial charge on any atom is 0.331 e. The second kappa shape index (κ2) is 7.68. The minimum atomic E-state index is -0.841. The van der Waals surface area contributed by atoms with Crippen molar-refractivity contribution in [2.75, 3.05) is 19.0 Å². The SMILES string of the molecule is CCOC(=O)[C@](C)(Cc1ccccc1)Nc1ccc(OC)cc1. The molecule has 2 aromatic carbocycles. The van der Waals surface area contributed by atoms with Crippen molar-refractivity contribution in [3.63, 3.8) is 0 Å². The third-order valence-corrected chi connectivity index (χ3v) is 3.64. The van der Waals surface area contributed by atoms with Crippen LogP contribution in [0.5, 0.6) is 5.75 Å². The number of carbonyl (C=O) groups is 1. The highest BCUT2D eigenvalue weighted by Gasteiger charge is 2.35. The topological polar surface area (TPSA) is 47.6 Å². The summed E-state index contributed by atoms with van der Waals surface area (Å²) in [5.74, 6) is 0.510. The molecule has 0 radical (unpaired) electrons. The van der Waals surface area contributed by atoms with Gasteiger partial charge in [-0.05, 0) is 43.7 Å². The van der Waals surface area contributed by atoms with Gasteiger partial charge in [0.25, 0.3) is 0 Å². The van der Waals surface area contributed by atoms with Crippen molar-refractivity contribution in [3.05, 3.63) is 60.2 Å². The molecule has 2 rings (SSSR count). The predicted molar refractivity (Wildman–Crippen MR) is 91.8 cm³/mol. The van der Waals surface area contributed by atoms with E-state index < -0.39 is 5.54 Å². The van der Waals surface area contributed by atoms with Gasteiger partial charge < -0.3 is 14.8 Å². The van der Waals surface area contributed by atoms with Gasteiger partial charge in [0.1, 0.15) is 11.3 Å². The number of methoxy groups -OCH3 is 1. The van der Waals surface area contributed by atoms with Gasteiger partial charge in [-0.2, -0.15) is 0 Å². The summed E-state index contributed by atoms with van der Waals surface area (Å²) in [7, 11) is 1.63. The zero-order valence-electron chi connectivity index (χ0n) is 13.8. The number of nitrogens with one attached hydrogen (secondary N) is 1. The first kappa shape index (κ1) is 16.9. The second-order valence-corrected chi connectivity index (χ2v) is 5.57. The quantitative estimate of drug-likeness (QED) is 0.792. The molecular weight excluding hydrogens is 290 g/mol. The first-order valence-electron chi connectivity index (χ1n) is 7.71. The molecule has 122 valence electrons. The molecule has 0 spiro atoms. The third-order valence-electron chi connectivity index (χ3n) is 3.64. The van der Waals surface area contributed by atoms with E-state index in [-0.39, 0.29) is 5.97 Å². The van der Waals surface area contributed by atoms with Crippen LogP contribution in [-0.4, -0.2) is 25.2 Å². The Kier molecular flexibility index (Phi) is 5.63. The van der Waals surface area contributed by atoms with Gasteiger partial charge in [0.05, 0.1) is 13.7 Å². The molecule has 0 aliphatic heterocycles. The molecule has 23 heavy (non-hydrogen) atoms. The van der Waals surface area contributed by atoms with Crippen molar-refractivity contribution in [2.45, 2.75) is 25.8 Å². The summed E-state index contributed by atoms with van der Waals surface area (Å²) in [5, 5.41) is 3.31. The molecule has 1 N–H and O–H groups in total. The average Bonchev–Trinajstić information content (AvgIpc) is 2.56. The van der Waals surface area contributed by atoms with Crippen molar-refractivity contribution in [2.24, 2.45) is 0 Å². The van der Waals surface area contributed by atoms with E-state index in [0.29, 0.717) is 13.0 Å². The molecule has 2 aromatic rings. The molecule has 4 heteroatoms. The van der Waals surface area contributed by atoms with Gasteiger partial charge in [-0.25, -0.2) is 4.79 Å². The van der Waals surface area contributed by atoms with E-state index in [1.165, 1.54) is 0 Å². The van der Waals surface area contributed by atoms with Crippen LogP contribution in [0.3, 0.4) is 0 Å². The molecule has 0 unspecified atom stereocenters. The number of benzene rings is 2. The van der Waals surface area contributed by atoms with Gasteiger partial charge in [0, 0.05) is 12.1 Å². The first-order chi connectivity index (χ1) is 11.1. The summed E-state index contributed by atoms with van der Waals surface area (Å²) in [5.41, 5.74) is 1.08. The Morgan fingerprint density at radius 1 is 1.09 bits per heavy atom. The Morgan fingerprint density at radius 3 is 2.30 bits per heavy atom. The Morgan fingerprint density at radius 2 is 1.74 bits per heavy atom. The van der Waals surface area contributed by atoms with Crippen LogP contribution in [0, 0.1) is 0 Å². The van der Waals surface area contributed by atoms with E-state index in [1.54, 1.807) is 7.11 Å². The molecule has 1 atom stereocenters. The van der Waals surface area contributed by atoms with E-state index >= 15 is 0 Å². The highest BCUT2D eigenvalue weighted by molar-refractivity contribution is 5.84. The molecule has 0 amide bonds. The van der Waals surface area contributed by atoms with Crippen molar-refractivity contribution >= 4 is 11.7 Å². The molecule has 0 aliphatic rings. The fraction of sp³-hybridized carbons (Fsp3) is 0.316. The van der Waals surface area contributed by atoms with Crippen LogP contribution in [0.1, 0.15) is 19.4 Å². The zero-order valence-corrected chi connectivity index (χ0v) is 13.8. The van der Waals surface area contributed by atoms with E-state index in [0.717, 1.165) is 17.0 Å². The monoisotopic (exact) mass is 313 g/mol. The molecular formula is C19H23NO3. The lowest BCUT2D eigenvalue weighted by atomic mass is 9.92. The normalized spacial score (nSPS) is 13.0. The fourth-order valence-electron chi connectivity index (χ4n) is 2.45. The van der Waals surface area contributed by atoms with Crippen molar-refractivity contribution in [1.29, 1.82) is 0 Å². The Labute approximate surface area is 137 Å². The number of hydrogen-bond acceptors (Lipinski definition) is 4. The summed E-state index contributed by atoms with van der Waals surface area (Å²) in [6.45, 7) is 4.03. The zero-order chi connectivity index (χ0) is 16.7. The summed E-state index contributed by atoms with van der Waals surface area (Å²) in [6.07, 6.45) is 0.540. The molecule has 0 bridgehead atoms. The van der Waals surface area contributed by atoms with Gasteiger partial charge in [-0.3, -0.25) is 0 Å². The van der Waals surface area contributed by atoms with Crippen LogP contribution in [0.15, 0.2) is 54.6 Å². The van der Waals surface area contributed by atoms with Crippen LogP contribution < -0.4 is 10.1 Å². The van der Waals surface area contributed by atoms with Crippen molar-refractivity contribution in [1.82, 2.24) is 0 Å². The fourth-order valence-corrected chi connectivity index (χ4v) is 2.45. The number of ether oxygens (including phenoxy) is 2. The lowest BCUT2D eigenvalue weighted by Gasteiger charge is -2.30. The van der Waals surface area contributed by atoms with Gasteiger partial charge in [0.15, 0.2) is 0 Å². The minimum Gasteiger partial charge on any atom is -0.497 e. The van der Waals surface area contributed by atoms with Crippen molar-refractivity contribution in [3.8, 4) is 5.75 Å². The maximum absolute atomic E-state index is 12.5. The maximum atomic E-state index is 12.5. The Bertz CT molecular complexity index is 625. The highest BCUT2D eigenvalue weighted by Crippen LogP contribution is 2.23. The van der Waals surface area contributed by atoms with Crippen LogP contribution in [-0.2, 0) is 16.0 Å². The molecule has 0 heterocycles. The highest BCUT2D eigenvalue weighted by atomic mass is 16.5. The molecule has 0 saturated heterocycles. The molecule has 0 aromatic heterocycles. The largest absolute Gasteiger partial charge is 0.497 e. The van der Waals surface area contributed by atoms with E-state index in [1.807, 2.05) is 68.4 Å². The lowest BCUT2D eigenvalue weighted by molar-refractivity contribution is -0.148. The van der Waals surface area contributed by atoms with E-state index in [2.05, 4.69) is 5.32 Å². The molecule has 4 nitrogen and oxygen atoms in total. The lowest BCUT2D eigenvalue weighted by Crippen LogP contribution is -2.46. The summed E-state index contributed by atoms with van der Waals surface area (Å²) >= 11 is 0. The average molecular weight is 313 g/mol. The summed E-state index contributed by atoms with van der Waals surface area (Å²) in [4.78, 5) is 12.5. The summed E-state index contributed by atoms with van der Waals surface area (Å²) < 4.78 is 10.4. The number of anilines is 1. The number of carbonyl (C=O) groups excluding carboxylic acids is 1. The van der Waals surface area contributed by atoms with Crippen LogP contribution in [0.4, 0.5) is 5.69 Å². The van der Waals surface area contributed by atoms with Gasteiger partial charge in [0.2, 0.25) is 0 Å². The number of esters is 1. The number of rotatable bonds is 7. The van der Waals surface area contributed by atoms with Crippen LogP contribution in [0.2, 0.25) is 0 Å². The van der Waals surface area contributed by atoms with Gasteiger partial charge in [-0.15, -0.1) is 0 Å². The van der Waals surface area contributed by atoms with Crippen molar-refractivity contribution < 1.29 is 14.3 Å². The van der Waals surface area contributed by atoms with Crippen LogP contribution in [0.25, 0.3) is 0 Å². The van der Waals surface area contributed by atoms with Crippen LogP contribution >= 0.6 is 0 Å².